The maximum Gasteiger partial charge on any atom is 0.336 e. The monoisotopic (exact) mass is 579 g/mol. The first-order valence-corrected chi connectivity index (χ1v) is 13.6. The van der Waals surface area contributed by atoms with Gasteiger partial charge in [0.15, 0.2) is 0 Å². The number of aryl methyl sites for hydroxylation is 2. The van der Waals surface area contributed by atoms with E-state index in [4.69, 9.17) is 4.98 Å². The van der Waals surface area contributed by atoms with Gasteiger partial charge in [0.2, 0.25) is 5.91 Å². The van der Waals surface area contributed by atoms with Crippen molar-refractivity contribution in [3.63, 3.8) is 0 Å². The first kappa shape index (κ1) is 26.9. The largest absolute Gasteiger partial charge is 0.478 e. The second kappa shape index (κ2) is 12.0. The summed E-state index contributed by atoms with van der Waals surface area (Å²) in [5.41, 5.74) is 6.26. The van der Waals surface area contributed by atoms with Crippen LogP contribution in [0.15, 0.2) is 65.1 Å². The molecule has 4 rings (SSSR count). The van der Waals surface area contributed by atoms with E-state index in [9.17, 15) is 14.7 Å². The number of halogens is 1. The van der Waals surface area contributed by atoms with Crippen LogP contribution in [0, 0.1) is 6.92 Å². The van der Waals surface area contributed by atoms with E-state index in [1.165, 1.54) is 0 Å². The number of thiol groups is 1. The lowest BCUT2D eigenvalue weighted by Crippen LogP contribution is -2.32. The molecule has 8 heteroatoms. The molecule has 1 heterocycles. The Morgan fingerprint density at radius 1 is 1.08 bits per heavy atom. The Morgan fingerprint density at radius 2 is 1.84 bits per heavy atom. The molecule has 0 radical (unpaired) electrons. The smallest absolute Gasteiger partial charge is 0.336 e. The Kier molecular flexibility index (Phi) is 8.71. The van der Waals surface area contributed by atoms with E-state index in [2.05, 4.69) is 57.5 Å². The maximum absolute atomic E-state index is 12.7. The second-order valence-electron chi connectivity index (χ2n) is 9.19. The van der Waals surface area contributed by atoms with Crippen molar-refractivity contribution in [1.82, 2.24) is 14.9 Å². The van der Waals surface area contributed by atoms with E-state index in [-0.39, 0.29) is 11.5 Å². The molecule has 1 amide bonds. The lowest BCUT2D eigenvalue weighted by atomic mass is 10.1. The molecule has 192 valence electrons. The molecule has 0 spiro atoms. The summed E-state index contributed by atoms with van der Waals surface area (Å²) >= 11 is 7.91. The number of carboxylic acids is 1. The number of aromatic carboxylic acids is 1. The average Bonchev–Trinajstić information content (AvgIpc) is 3.20. The summed E-state index contributed by atoms with van der Waals surface area (Å²) in [7, 11) is 0. The van der Waals surface area contributed by atoms with Crippen LogP contribution in [0.4, 0.5) is 0 Å². The van der Waals surface area contributed by atoms with Crippen LogP contribution >= 0.6 is 28.6 Å². The fraction of sp³-hybridized carbons (Fsp3) is 0.276. The minimum atomic E-state index is -0.965. The topological polar surface area (TPSA) is 84.2 Å². The van der Waals surface area contributed by atoms with Crippen molar-refractivity contribution in [2.24, 2.45) is 0 Å². The SMILES string of the molecule is CCCc1nc2c(C)cc(CNC(=O)[C@@H](S)Cc3ccccc3)cc2n1Cc1ccc(C(=O)O)c(Br)c1. The lowest BCUT2D eigenvalue weighted by molar-refractivity contribution is -0.120. The van der Waals surface area contributed by atoms with Gasteiger partial charge in [-0.2, -0.15) is 12.6 Å². The third-order valence-electron chi connectivity index (χ3n) is 6.30. The number of aromatic nitrogens is 2. The number of hydrogen-bond acceptors (Lipinski definition) is 4. The number of fused-ring (bicyclic) bond motifs is 1. The Bertz CT molecular complexity index is 1440. The summed E-state index contributed by atoms with van der Waals surface area (Å²) in [6.07, 6.45) is 2.35. The number of rotatable bonds is 10. The number of carboxylic acid groups (broad SMARTS) is 1. The summed E-state index contributed by atoms with van der Waals surface area (Å²) in [6, 6.07) is 19.3. The fourth-order valence-corrected chi connectivity index (χ4v) is 5.35. The van der Waals surface area contributed by atoms with Gasteiger partial charge in [-0.15, -0.1) is 0 Å². The Balaban J connectivity index is 1.58. The Morgan fingerprint density at radius 3 is 2.51 bits per heavy atom. The van der Waals surface area contributed by atoms with Gasteiger partial charge in [-0.05, 0) is 76.1 Å². The minimum absolute atomic E-state index is 0.103. The molecule has 4 aromatic rings. The molecule has 0 saturated carbocycles. The van der Waals surface area contributed by atoms with Gasteiger partial charge in [0, 0.05) is 24.0 Å². The summed E-state index contributed by atoms with van der Waals surface area (Å²) in [5.74, 6) is -0.0836. The molecular weight excluding hydrogens is 550 g/mol. The highest BCUT2D eigenvalue weighted by molar-refractivity contribution is 9.10. The number of nitrogens with zero attached hydrogens (tertiary/aromatic N) is 2. The quantitative estimate of drug-likeness (QED) is 0.202. The van der Waals surface area contributed by atoms with Crippen molar-refractivity contribution in [3.8, 4) is 0 Å². The van der Waals surface area contributed by atoms with Gasteiger partial charge in [0.1, 0.15) is 5.82 Å². The number of hydrogen-bond donors (Lipinski definition) is 3. The number of nitrogens with one attached hydrogen (secondary N) is 1. The van der Waals surface area contributed by atoms with Gasteiger partial charge < -0.3 is 15.0 Å². The van der Waals surface area contributed by atoms with E-state index >= 15 is 0 Å². The number of carbonyl (C=O) groups is 2. The highest BCUT2D eigenvalue weighted by Gasteiger charge is 2.17. The van der Waals surface area contributed by atoms with Crippen molar-refractivity contribution in [2.75, 3.05) is 0 Å². The molecule has 0 aliphatic carbocycles. The van der Waals surface area contributed by atoms with E-state index in [1.54, 1.807) is 6.07 Å². The fourth-order valence-electron chi connectivity index (χ4n) is 4.46. The molecule has 2 N–H and O–H groups in total. The van der Waals surface area contributed by atoms with Crippen molar-refractivity contribution in [1.29, 1.82) is 0 Å². The molecule has 1 atom stereocenters. The third kappa shape index (κ3) is 6.43. The van der Waals surface area contributed by atoms with Crippen LogP contribution in [-0.2, 0) is 30.7 Å². The first-order chi connectivity index (χ1) is 17.8. The zero-order valence-corrected chi connectivity index (χ0v) is 23.4. The zero-order valence-electron chi connectivity index (χ0n) is 20.9. The van der Waals surface area contributed by atoms with Gasteiger partial charge in [-0.25, -0.2) is 9.78 Å². The van der Waals surface area contributed by atoms with E-state index in [0.717, 1.165) is 52.0 Å². The molecule has 0 unspecified atom stereocenters. The molecule has 0 saturated heterocycles. The van der Waals surface area contributed by atoms with E-state index in [0.29, 0.717) is 24.0 Å². The highest BCUT2D eigenvalue weighted by Crippen LogP contribution is 2.26. The molecule has 0 bridgehead atoms. The predicted molar refractivity (Wildman–Crippen MR) is 153 cm³/mol. The standard InChI is InChI=1S/C29H30BrN3O3S/c1-3-7-26-32-27-18(2)12-21(16-31-28(34)25(37)15-19-8-5-4-6-9-19)14-24(27)33(26)17-20-10-11-22(29(35)36)23(30)13-20/h4-6,8-14,25,37H,3,7,15-17H2,1-2H3,(H,31,34)(H,35,36)/t25-/m0/s1. The van der Waals surface area contributed by atoms with Crippen molar-refractivity contribution in [2.45, 2.75) is 51.4 Å². The number of benzene rings is 3. The molecule has 6 nitrogen and oxygen atoms in total. The van der Waals surface area contributed by atoms with E-state index < -0.39 is 11.2 Å². The normalized spacial score (nSPS) is 12.0. The molecule has 1 aromatic heterocycles. The lowest BCUT2D eigenvalue weighted by Gasteiger charge is -2.13. The van der Waals surface area contributed by atoms with Crippen molar-refractivity contribution < 1.29 is 14.7 Å². The van der Waals surface area contributed by atoms with Crippen molar-refractivity contribution in [3.05, 3.63) is 98.8 Å². The van der Waals surface area contributed by atoms with Gasteiger partial charge in [-0.3, -0.25) is 4.79 Å². The molecule has 3 aromatic carbocycles. The number of amides is 1. The Labute approximate surface area is 230 Å². The van der Waals surface area contributed by atoms with Crippen LogP contribution in [0.5, 0.6) is 0 Å². The molecule has 0 aliphatic rings. The number of imidazole rings is 1. The molecular formula is C29H30BrN3O3S. The average molecular weight is 581 g/mol. The summed E-state index contributed by atoms with van der Waals surface area (Å²) in [5, 5.41) is 11.9. The van der Waals surface area contributed by atoms with E-state index in [1.807, 2.05) is 49.4 Å². The number of carbonyl (C=O) groups excluding carboxylic acids is 1. The maximum atomic E-state index is 12.7. The van der Waals surface area contributed by atoms with Gasteiger partial charge in [-0.1, -0.05) is 49.4 Å². The van der Waals surface area contributed by atoms with Gasteiger partial charge in [0.05, 0.1) is 21.8 Å². The predicted octanol–water partition coefficient (Wildman–Crippen LogP) is 5.96. The van der Waals surface area contributed by atoms with Gasteiger partial charge >= 0.3 is 5.97 Å². The van der Waals surface area contributed by atoms with Crippen LogP contribution in [0.25, 0.3) is 11.0 Å². The first-order valence-electron chi connectivity index (χ1n) is 12.3. The van der Waals surface area contributed by atoms with Crippen LogP contribution in [0.2, 0.25) is 0 Å². The van der Waals surface area contributed by atoms with Gasteiger partial charge in [0.25, 0.3) is 0 Å². The van der Waals surface area contributed by atoms with Crippen LogP contribution in [-0.4, -0.2) is 31.8 Å². The molecule has 37 heavy (non-hydrogen) atoms. The second-order valence-corrected chi connectivity index (χ2v) is 10.7. The minimum Gasteiger partial charge on any atom is -0.478 e. The molecule has 0 fully saturated rings. The van der Waals surface area contributed by atoms with Crippen LogP contribution in [0.1, 0.15) is 51.8 Å². The van der Waals surface area contributed by atoms with Crippen LogP contribution < -0.4 is 5.32 Å². The van der Waals surface area contributed by atoms with Crippen molar-refractivity contribution >= 4 is 51.5 Å². The summed E-state index contributed by atoms with van der Waals surface area (Å²) in [6.45, 7) is 5.12. The van der Waals surface area contributed by atoms with Crippen LogP contribution in [0.3, 0.4) is 0 Å². The zero-order chi connectivity index (χ0) is 26.5. The third-order valence-corrected chi connectivity index (χ3v) is 7.38. The Hall–Kier alpha value is -3.10. The highest BCUT2D eigenvalue weighted by atomic mass is 79.9. The summed E-state index contributed by atoms with van der Waals surface area (Å²) in [4.78, 5) is 29.1. The molecule has 0 aliphatic heterocycles. The summed E-state index contributed by atoms with van der Waals surface area (Å²) < 4.78 is 2.74.